The van der Waals surface area contributed by atoms with Crippen molar-refractivity contribution in [1.82, 2.24) is 10.2 Å². The van der Waals surface area contributed by atoms with Crippen molar-refractivity contribution in [1.29, 1.82) is 0 Å². The molecule has 0 unspecified atom stereocenters. The van der Waals surface area contributed by atoms with Crippen molar-refractivity contribution in [3.8, 4) is 11.1 Å². The second-order valence-electron chi connectivity index (χ2n) is 3.13. The number of hydrogen-bond acceptors (Lipinski definition) is 1. The first-order valence-corrected chi connectivity index (χ1v) is 4.26. The molecular weight excluding hydrogens is 160 g/mol. The highest BCUT2D eigenvalue weighted by Gasteiger charge is 2.05. The first-order chi connectivity index (χ1) is 6.29. The summed E-state index contributed by atoms with van der Waals surface area (Å²) in [5.41, 5.74) is 4.65. The molecule has 0 fully saturated rings. The van der Waals surface area contributed by atoms with Crippen molar-refractivity contribution in [2.75, 3.05) is 0 Å². The van der Waals surface area contributed by atoms with Gasteiger partial charge in [-0.15, -0.1) is 0 Å². The summed E-state index contributed by atoms with van der Waals surface area (Å²) in [5, 5.41) is 6.96. The van der Waals surface area contributed by atoms with Gasteiger partial charge in [-0.3, -0.25) is 5.10 Å². The van der Waals surface area contributed by atoms with Crippen LogP contribution in [0.5, 0.6) is 0 Å². The van der Waals surface area contributed by atoms with E-state index in [2.05, 4.69) is 29.3 Å². The quantitative estimate of drug-likeness (QED) is 0.701. The average molecular weight is 171 g/mol. The van der Waals surface area contributed by atoms with Crippen molar-refractivity contribution < 1.29 is 0 Å². The molecule has 13 heavy (non-hydrogen) atoms. The average Bonchev–Trinajstić information content (AvgIpc) is 2.52. The number of aryl methyl sites for hydroxylation is 2. The van der Waals surface area contributed by atoms with Gasteiger partial charge in [0.15, 0.2) is 0 Å². The van der Waals surface area contributed by atoms with Gasteiger partial charge in [-0.25, -0.2) is 0 Å². The van der Waals surface area contributed by atoms with E-state index in [0.29, 0.717) is 0 Å². The Bertz CT molecular complexity index is 416. The Morgan fingerprint density at radius 2 is 2.15 bits per heavy atom. The van der Waals surface area contributed by atoms with Gasteiger partial charge in [0.2, 0.25) is 0 Å². The molecule has 0 atom stereocenters. The molecule has 2 rings (SSSR count). The minimum Gasteiger partial charge on any atom is -0.285 e. The van der Waals surface area contributed by atoms with E-state index in [1.54, 1.807) is 0 Å². The molecule has 2 nitrogen and oxygen atoms in total. The number of aromatic amines is 1. The maximum atomic E-state index is 4.10. The molecule has 0 saturated heterocycles. The molecule has 0 bridgehead atoms. The largest absolute Gasteiger partial charge is 0.285 e. The van der Waals surface area contributed by atoms with Crippen LogP contribution in [0.2, 0.25) is 0 Å². The number of H-pyrrole nitrogens is 1. The maximum absolute atomic E-state index is 4.10. The third-order valence-corrected chi connectivity index (χ3v) is 2.20. The number of nitrogens with zero attached hydrogens (tertiary/aromatic N) is 1. The molecule has 1 radical (unpaired) electrons. The molecule has 1 aromatic heterocycles. The van der Waals surface area contributed by atoms with Gasteiger partial charge in [-0.1, -0.05) is 12.1 Å². The molecular formula is C11H11N2. The highest BCUT2D eigenvalue weighted by molar-refractivity contribution is 5.68. The topological polar surface area (TPSA) is 28.7 Å². The third-order valence-electron chi connectivity index (χ3n) is 2.20. The second-order valence-corrected chi connectivity index (χ2v) is 3.13. The molecule has 65 valence electrons. The fourth-order valence-corrected chi connectivity index (χ4v) is 1.43. The SMILES string of the molecule is Cc1cc[c]cc1-c1c[nH]nc1C. The molecule has 0 aliphatic carbocycles. The highest BCUT2D eigenvalue weighted by atomic mass is 15.1. The second kappa shape index (κ2) is 3.05. The number of benzene rings is 1. The minimum absolute atomic E-state index is 1.03. The minimum atomic E-state index is 1.03. The van der Waals surface area contributed by atoms with E-state index < -0.39 is 0 Å². The first-order valence-electron chi connectivity index (χ1n) is 4.26. The molecule has 0 aliphatic rings. The van der Waals surface area contributed by atoms with Crippen molar-refractivity contribution in [3.05, 3.63) is 41.7 Å². The van der Waals surface area contributed by atoms with Crippen LogP contribution >= 0.6 is 0 Å². The molecule has 0 spiro atoms. The van der Waals surface area contributed by atoms with Crippen LogP contribution in [0.3, 0.4) is 0 Å². The van der Waals surface area contributed by atoms with Gasteiger partial charge < -0.3 is 0 Å². The van der Waals surface area contributed by atoms with Gasteiger partial charge in [0.05, 0.1) is 5.69 Å². The van der Waals surface area contributed by atoms with Gasteiger partial charge in [0, 0.05) is 11.8 Å². The zero-order chi connectivity index (χ0) is 9.26. The Hall–Kier alpha value is -1.57. The van der Waals surface area contributed by atoms with Crippen LogP contribution in [0.1, 0.15) is 11.3 Å². The number of nitrogens with one attached hydrogen (secondary N) is 1. The zero-order valence-electron chi connectivity index (χ0n) is 7.76. The summed E-state index contributed by atoms with van der Waals surface area (Å²) < 4.78 is 0. The van der Waals surface area contributed by atoms with E-state index >= 15 is 0 Å². The zero-order valence-corrected chi connectivity index (χ0v) is 7.76. The Morgan fingerprint density at radius 1 is 1.31 bits per heavy atom. The summed E-state index contributed by atoms with van der Waals surface area (Å²) in [7, 11) is 0. The molecule has 1 aromatic carbocycles. The van der Waals surface area contributed by atoms with Gasteiger partial charge in [-0.2, -0.15) is 5.10 Å². The summed E-state index contributed by atoms with van der Waals surface area (Å²) >= 11 is 0. The fourth-order valence-electron chi connectivity index (χ4n) is 1.43. The van der Waals surface area contributed by atoms with Gasteiger partial charge in [-0.05, 0) is 37.1 Å². The summed E-state index contributed by atoms with van der Waals surface area (Å²) in [4.78, 5) is 0. The molecule has 0 saturated carbocycles. The van der Waals surface area contributed by atoms with Crippen LogP contribution in [-0.4, -0.2) is 10.2 Å². The maximum Gasteiger partial charge on any atom is 0.0669 e. The standard InChI is InChI=1S/C11H11N2/c1-8-5-3-4-6-10(8)11-7-12-13-9(11)2/h3,5-7H,1-2H3,(H,12,13). The van der Waals surface area contributed by atoms with Crippen LogP contribution in [0, 0.1) is 19.9 Å². The molecule has 0 aliphatic heterocycles. The van der Waals surface area contributed by atoms with Crippen LogP contribution in [0.25, 0.3) is 11.1 Å². The smallest absolute Gasteiger partial charge is 0.0669 e. The molecule has 2 aromatic rings. The molecule has 0 amide bonds. The van der Waals surface area contributed by atoms with Crippen molar-refractivity contribution in [2.24, 2.45) is 0 Å². The summed E-state index contributed by atoms with van der Waals surface area (Å²) in [6, 6.07) is 9.05. The van der Waals surface area contributed by atoms with E-state index in [-0.39, 0.29) is 0 Å². The third kappa shape index (κ3) is 1.35. The summed E-state index contributed by atoms with van der Waals surface area (Å²) in [6.45, 7) is 4.09. The summed E-state index contributed by atoms with van der Waals surface area (Å²) in [6.07, 6.45) is 1.92. The fraction of sp³-hybridized carbons (Fsp3) is 0.182. The van der Waals surface area contributed by atoms with Gasteiger partial charge in [0.1, 0.15) is 0 Å². The van der Waals surface area contributed by atoms with Crippen molar-refractivity contribution in [3.63, 3.8) is 0 Å². The van der Waals surface area contributed by atoms with E-state index in [9.17, 15) is 0 Å². The summed E-state index contributed by atoms with van der Waals surface area (Å²) in [5.74, 6) is 0. The monoisotopic (exact) mass is 171 g/mol. The van der Waals surface area contributed by atoms with Crippen LogP contribution in [-0.2, 0) is 0 Å². The normalized spacial score (nSPS) is 10.3. The number of aromatic nitrogens is 2. The Balaban J connectivity index is 2.59. The Labute approximate surface area is 77.6 Å². The van der Waals surface area contributed by atoms with E-state index in [1.165, 1.54) is 11.1 Å². The number of hydrogen-bond donors (Lipinski definition) is 1. The molecule has 2 heteroatoms. The van der Waals surface area contributed by atoms with Crippen LogP contribution in [0.15, 0.2) is 24.4 Å². The van der Waals surface area contributed by atoms with Gasteiger partial charge in [0.25, 0.3) is 0 Å². The van der Waals surface area contributed by atoms with Crippen LogP contribution < -0.4 is 0 Å². The lowest BCUT2D eigenvalue weighted by molar-refractivity contribution is 1.05. The Morgan fingerprint density at radius 3 is 2.77 bits per heavy atom. The lowest BCUT2D eigenvalue weighted by Crippen LogP contribution is -1.82. The van der Waals surface area contributed by atoms with Crippen molar-refractivity contribution in [2.45, 2.75) is 13.8 Å². The number of rotatable bonds is 1. The van der Waals surface area contributed by atoms with E-state index in [1.807, 2.05) is 25.3 Å². The predicted molar refractivity (Wildman–Crippen MR) is 52.3 cm³/mol. The lowest BCUT2D eigenvalue weighted by Gasteiger charge is -2.02. The first kappa shape index (κ1) is 8.05. The Kier molecular flexibility index (Phi) is 1.89. The molecule has 1 N–H and O–H groups in total. The van der Waals surface area contributed by atoms with E-state index in [4.69, 9.17) is 0 Å². The van der Waals surface area contributed by atoms with Crippen molar-refractivity contribution >= 4 is 0 Å². The lowest BCUT2D eigenvalue weighted by atomic mass is 10.0. The predicted octanol–water partition coefficient (Wildman–Crippen LogP) is 2.49. The van der Waals surface area contributed by atoms with Gasteiger partial charge >= 0.3 is 0 Å². The highest BCUT2D eigenvalue weighted by Crippen LogP contribution is 2.23. The molecule has 1 heterocycles. The van der Waals surface area contributed by atoms with Crippen LogP contribution in [0.4, 0.5) is 0 Å². The van der Waals surface area contributed by atoms with E-state index in [0.717, 1.165) is 11.3 Å².